The van der Waals surface area contributed by atoms with Gasteiger partial charge in [-0.25, -0.2) is 0 Å². The summed E-state index contributed by atoms with van der Waals surface area (Å²) in [6, 6.07) is 6.74. The van der Waals surface area contributed by atoms with E-state index in [4.69, 9.17) is 16.7 Å². The molecule has 0 aliphatic heterocycles. The molecule has 1 aromatic carbocycles. The van der Waals surface area contributed by atoms with E-state index in [2.05, 4.69) is 78.1 Å². The minimum absolute atomic E-state index is 0.223. The van der Waals surface area contributed by atoms with Gasteiger partial charge >= 0.3 is 0 Å². The van der Waals surface area contributed by atoms with Gasteiger partial charge in [0.25, 0.3) is 0 Å². The van der Waals surface area contributed by atoms with Crippen molar-refractivity contribution in [3.8, 4) is 0 Å². The van der Waals surface area contributed by atoms with Gasteiger partial charge in [-0.15, -0.1) is 0 Å². The van der Waals surface area contributed by atoms with Crippen molar-refractivity contribution in [2.24, 2.45) is 5.92 Å². The molecule has 2 atom stereocenters. The van der Waals surface area contributed by atoms with Crippen LogP contribution in [0, 0.1) is 5.92 Å². The monoisotopic (exact) mass is 443 g/mol. The first-order valence-electron chi connectivity index (χ1n) is 12.1. The zero-order valence-electron chi connectivity index (χ0n) is 21.1. The highest BCUT2D eigenvalue weighted by molar-refractivity contribution is 6.31. The van der Waals surface area contributed by atoms with Gasteiger partial charge in [0.15, 0.2) is 0 Å². The van der Waals surface area contributed by atoms with E-state index in [-0.39, 0.29) is 5.41 Å². The van der Waals surface area contributed by atoms with E-state index in [0.717, 1.165) is 41.5 Å². The molecule has 3 rings (SSSR count). The summed E-state index contributed by atoms with van der Waals surface area (Å²) >= 11 is 6.76. The molecule has 0 amide bonds. The van der Waals surface area contributed by atoms with Crippen molar-refractivity contribution < 1.29 is 0 Å². The molecule has 1 heterocycles. The quantitative estimate of drug-likeness (QED) is 0.465. The Balaban J connectivity index is 0.00000166. The minimum atomic E-state index is 0.223. The third-order valence-electron chi connectivity index (χ3n) is 6.76. The minimum Gasteiger partial charge on any atom is -0.355 e. The summed E-state index contributed by atoms with van der Waals surface area (Å²) < 4.78 is 1.90. The molecular formula is C27H42ClN3. The van der Waals surface area contributed by atoms with Crippen LogP contribution in [0.4, 0.5) is 5.69 Å². The van der Waals surface area contributed by atoms with Crippen LogP contribution in [0.1, 0.15) is 103 Å². The SMILES string of the molecule is CC.CC/C=C(/Nc1cccc2c1C(C)CC2(C)C(C)C)c1c(CC)nn(CC)c1Cl. The lowest BCUT2D eigenvalue weighted by atomic mass is 9.74. The van der Waals surface area contributed by atoms with Gasteiger partial charge < -0.3 is 5.32 Å². The first-order chi connectivity index (χ1) is 14.8. The molecule has 1 aliphatic rings. The Hall–Kier alpha value is -1.74. The Morgan fingerprint density at radius 2 is 1.97 bits per heavy atom. The van der Waals surface area contributed by atoms with Crippen LogP contribution in [0.2, 0.25) is 5.15 Å². The highest BCUT2D eigenvalue weighted by atomic mass is 35.5. The molecule has 4 heteroatoms. The summed E-state index contributed by atoms with van der Waals surface area (Å²) in [6.07, 6.45) is 5.23. The number of rotatable bonds is 7. The van der Waals surface area contributed by atoms with Crippen LogP contribution in [0.25, 0.3) is 5.70 Å². The lowest BCUT2D eigenvalue weighted by molar-refractivity contribution is 0.324. The fourth-order valence-electron chi connectivity index (χ4n) is 4.87. The number of benzene rings is 1. The number of nitrogens with zero attached hydrogens (tertiary/aromatic N) is 2. The fraction of sp³-hybridized carbons (Fsp3) is 0.593. The van der Waals surface area contributed by atoms with Crippen molar-refractivity contribution in [1.82, 2.24) is 9.78 Å². The van der Waals surface area contributed by atoms with Gasteiger partial charge in [-0.2, -0.15) is 5.10 Å². The first kappa shape index (κ1) is 25.5. The number of nitrogens with one attached hydrogen (secondary N) is 1. The topological polar surface area (TPSA) is 29.9 Å². The van der Waals surface area contributed by atoms with Crippen LogP contribution in [0.15, 0.2) is 24.3 Å². The summed E-state index contributed by atoms with van der Waals surface area (Å²) in [5, 5.41) is 9.24. The van der Waals surface area contributed by atoms with Gasteiger partial charge in [0.1, 0.15) is 5.15 Å². The van der Waals surface area contributed by atoms with Gasteiger partial charge in [0.05, 0.1) is 11.3 Å². The second-order valence-electron chi connectivity index (χ2n) is 8.88. The van der Waals surface area contributed by atoms with Crippen molar-refractivity contribution in [2.45, 2.75) is 99.5 Å². The highest BCUT2D eigenvalue weighted by Crippen LogP contribution is 2.52. The number of hydrogen-bond donors (Lipinski definition) is 1. The number of aromatic nitrogens is 2. The third-order valence-corrected chi connectivity index (χ3v) is 7.15. The average molecular weight is 444 g/mol. The van der Waals surface area contributed by atoms with Crippen LogP contribution < -0.4 is 5.32 Å². The summed E-state index contributed by atoms with van der Waals surface area (Å²) in [5.74, 6) is 1.14. The number of aryl methyl sites for hydroxylation is 2. The highest BCUT2D eigenvalue weighted by Gasteiger charge is 2.41. The van der Waals surface area contributed by atoms with Gasteiger partial charge in [-0.05, 0) is 60.6 Å². The molecule has 31 heavy (non-hydrogen) atoms. The van der Waals surface area contributed by atoms with Crippen LogP contribution in [-0.2, 0) is 18.4 Å². The molecule has 0 saturated carbocycles. The molecule has 2 unspecified atom stereocenters. The maximum absolute atomic E-state index is 6.76. The van der Waals surface area contributed by atoms with E-state index in [1.807, 2.05) is 18.5 Å². The van der Waals surface area contributed by atoms with E-state index >= 15 is 0 Å². The van der Waals surface area contributed by atoms with E-state index in [1.54, 1.807) is 0 Å². The number of hydrogen-bond acceptors (Lipinski definition) is 2. The first-order valence-corrected chi connectivity index (χ1v) is 12.5. The van der Waals surface area contributed by atoms with Crippen molar-refractivity contribution in [2.75, 3.05) is 5.32 Å². The zero-order chi connectivity index (χ0) is 23.3. The van der Waals surface area contributed by atoms with Gasteiger partial charge in [0.2, 0.25) is 0 Å². The molecule has 1 N–H and O–H groups in total. The van der Waals surface area contributed by atoms with Gasteiger partial charge in [0, 0.05) is 17.9 Å². The van der Waals surface area contributed by atoms with Crippen LogP contribution in [0.3, 0.4) is 0 Å². The molecule has 0 spiro atoms. The molecule has 3 nitrogen and oxygen atoms in total. The van der Waals surface area contributed by atoms with Crippen LogP contribution in [-0.4, -0.2) is 9.78 Å². The van der Waals surface area contributed by atoms with Crippen LogP contribution in [0.5, 0.6) is 0 Å². The Morgan fingerprint density at radius 1 is 1.29 bits per heavy atom. The smallest absolute Gasteiger partial charge is 0.136 e. The second kappa shape index (κ2) is 10.7. The van der Waals surface area contributed by atoms with Crippen molar-refractivity contribution >= 4 is 23.0 Å². The molecule has 172 valence electrons. The summed E-state index contributed by atoms with van der Waals surface area (Å²) in [5.41, 5.74) is 7.56. The van der Waals surface area contributed by atoms with Crippen LogP contribution >= 0.6 is 11.6 Å². The van der Waals surface area contributed by atoms with Gasteiger partial charge in [-0.3, -0.25) is 4.68 Å². The number of halogens is 1. The molecule has 2 aromatic rings. The Bertz CT molecular complexity index is 909. The third kappa shape index (κ3) is 4.72. The predicted octanol–water partition coefficient (Wildman–Crippen LogP) is 8.43. The summed E-state index contributed by atoms with van der Waals surface area (Å²) in [6.45, 7) is 20.6. The molecule has 0 bridgehead atoms. The maximum atomic E-state index is 6.76. The predicted molar refractivity (Wildman–Crippen MR) is 137 cm³/mol. The fourth-order valence-corrected chi connectivity index (χ4v) is 5.24. The summed E-state index contributed by atoms with van der Waals surface area (Å²) in [4.78, 5) is 0. The largest absolute Gasteiger partial charge is 0.355 e. The molecule has 1 aromatic heterocycles. The normalized spacial score (nSPS) is 20.5. The van der Waals surface area contributed by atoms with E-state index < -0.39 is 0 Å². The summed E-state index contributed by atoms with van der Waals surface area (Å²) in [7, 11) is 0. The van der Waals surface area contributed by atoms with Crippen molar-refractivity contribution in [1.29, 1.82) is 0 Å². The van der Waals surface area contributed by atoms with E-state index in [0.29, 0.717) is 11.8 Å². The lowest BCUT2D eigenvalue weighted by Gasteiger charge is -2.30. The number of allylic oxidation sites excluding steroid dienone is 1. The number of fused-ring (bicyclic) bond motifs is 1. The standard InChI is InChI=1S/C25H36ClN3.C2H6/c1-8-12-20(23-19(9-2)28-29(10-3)24(23)26)27-21-14-11-13-18-22(21)17(6)15-25(18,7)16(4)5;1-2/h11-14,16-17,27H,8-10,15H2,1-7H3;1-2H3/b20-12+;. The number of anilines is 1. The van der Waals surface area contributed by atoms with Crippen molar-refractivity contribution in [3.63, 3.8) is 0 Å². The molecule has 0 radical (unpaired) electrons. The van der Waals surface area contributed by atoms with E-state index in [9.17, 15) is 0 Å². The molecule has 0 fully saturated rings. The lowest BCUT2D eigenvalue weighted by Crippen LogP contribution is -2.25. The zero-order valence-corrected chi connectivity index (χ0v) is 21.8. The molecular weight excluding hydrogens is 402 g/mol. The van der Waals surface area contributed by atoms with Gasteiger partial charge in [-0.1, -0.05) is 85.2 Å². The molecule has 1 aliphatic carbocycles. The van der Waals surface area contributed by atoms with Crippen molar-refractivity contribution in [3.05, 3.63) is 51.8 Å². The molecule has 0 saturated heterocycles. The Kier molecular flexibility index (Phi) is 8.83. The average Bonchev–Trinajstić information content (AvgIpc) is 3.23. The Labute approximate surface area is 195 Å². The Morgan fingerprint density at radius 3 is 2.52 bits per heavy atom. The maximum Gasteiger partial charge on any atom is 0.136 e. The van der Waals surface area contributed by atoms with E-state index in [1.165, 1.54) is 23.2 Å². The second-order valence-corrected chi connectivity index (χ2v) is 9.24.